The standard InChI is InChI=1S/C43H49NO10/c1-24-31(53-41(52)37(48)35(25-14-8-5-9-15-25)44-39(50)26-16-10-6-11-17-26)21-29-32(54-40(51)27-18-12-7-13-19-27)20-28-23-43(4,33(46)22-30(28)45)38(49)36(47)34(24)42(29,2)3/h5-19,28-33,35-37,45-48H,20-23H2,1-4H3,(H,44,50)/t28?,29-,30-,31-,32-,33-,35+,36+,37+,43-/m0/s1. The first-order valence-electron chi connectivity index (χ1n) is 18.5. The van der Waals surface area contributed by atoms with Crippen LogP contribution in [0.3, 0.4) is 0 Å². The molecule has 0 spiro atoms. The fraction of sp³-hybridized carbons (Fsp3) is 0.442. The molecule has 0 heterocycles. The SMILES string of the molecule is CC1=C2[C@@H](O)C(=O)[C@@]3(C)CC(C[C@H](OC(=O)c4ccccc4)[C@H](C[C@@H]1OC(=O)[C@H](O)[C@H](NC(=O)c1ccccc1)c1ccccc1)C2(C)C)[C@@H](O)C[C@@H]3O. The zero-order valence-electron chi connectivity index (χ0n) is 30.9. The fourth-order valence-electron chi connectivity index (χ4n) is 8.89. The van der Waals surface area contributed by atoms with E-state index in [4.69, 9.17) is 9.47 Å². The van der Waals surface area contributed by atoms with Crippen LogP contribution in [0.25, 0.3) is 0 Å². The van der Waals surface area contributed by atoms with E-state index in [1.165, 1.54) is 0 Å². The number of ketones is 1. The highest BCUT2D eigenvalue weighted by Crippen LogP contribution is 2.54. The summed E-state index contributed by atoms with van der Waals surface area (Å²) in [6.07, 6.45) is -7.64. The molecule has 4 bridgehead atoms. The van der Waals surface area contributed by atoms with Crippen molar-refractivity contribution >= 4 is 23.6 Å². The Morgan fingerprint density at radius 2 is 1.37 bits per heavy atom. The van der Waals surface area contributed by atoms with E-state index in [2.05, 4.69) is 5.32 Å². The molecule has 11 nitrogen and oxygen atoms in total. The van der Waals surface area contributed by atoms with E-state index in [-0.39, 0.29) is 31.3 Å². The Morgan fingerprint density at radius 1 is 0.796 bits per heavy atom. The predicted octanol–water partition coefficient (Wildman–Crippen LogP) is 4.49. The minimum Gasteiger partial charge on any atom is -0.458 e. The highest BCUT2D eigenvalue weighted by molar-refractivity contribution is 5.95. The van der Waals surface area contributed by atoms with Crippen LogP contribution in [0.1, 0.15) is 85.7 Å². The van der Waals surface area contributed by atoms with E-state index in [9.17, 15) is 39.6 Å². The van der Waals surface area contributed by atoms with Crippen molar-refractivity contribution in [2.45, 2.75) is 96.0 Å². The molecule has 286 valence electrons. The first kappa shape index (κ1) is 39.0. The van der Waals surface area contributed by atoms with Crippen molar-refractivity contribution in [3.05, 3.63) is 119 Å². The maximum Gasteiger partial charge on any atom is 0.338 e. The van der Waals surface area contributed by atoms with Gasteiger partial charge in [0.2, 0.25) is 0 Å². The lowest BCUT2D eigenvalue weighted by Crippen LogP contribution is -2.58. The lowest BCUT2D eigenvalue weighted by atomic mass is 9.55. The minimum absolute atomic E-state index is 0.0598. The molecule has 54 heavy (non-hydrogen) atoms. The number of Topliss-reactive ketones (excluding diaryl/α,β-unsaturated/α-hetero) is 1. The highest BCUT2D eigenvalue weighted by Gasteiger charge is 2.57. The van der Waals surface area contributed by atoms with Gasteiger partial charge < -0.3 is 35.2 Å². The Kier molecular flexibility index (Phi) is 11.3. The topological polar surface area (TPSA) is 180 Å². The smallest absolute Gasteiger partial charge is 0.338 e. The molecule has 5 N–H and O–H groups in total. The molecular formula is C43H49NO10. The second-order valence-electron chi connectivity index (χ2n) is 15.8. The average molecular weight is 740 g/mol. The van der Waals surface area contributed by atoms with Crippen LogP contribution in [0.5, 0.6) is 0 Å². The highest BCUT2D eigenvalue weighted by atomic mass is 16.6. The van der Waals surface area contributed by atoms with Gasteiger partial charge in [0, 0.05) is 17.9 Å². The van der Waals surface area contributed by atoms with E-state index in [1.54, 1.807) is 105 Å². The van der Waals surface area contributed by atoms with E-state index in [0.717, 1.165) is 0 Å². The van der Waals surface area contributed by atoms with Crippen LogP contribution in [-0.4, -0.2) is 80.7 Å². The maximum absolute atomic E-state index is 14.3. The molecule has 2 fully saturated rings. The number of ether oxygens (including phenoxy) is 2. The van der Waals surface area contributed by atoms with E-state index < -0.39 is 89.0 Å². The average Bonchev–Trinajstić information content (AvgIpc) is 3.16. The van der Waals surface area contributed by atoms with Gasteiger partial charge in [0.15, 0.2) is 11.9 Å². The monoisotopic (exact) mass is 739 g/mol. The van der Waals surface area contributed by atoms with Crippen LogP contribution in [0, 0.1) is 22.7 Å². The van der Waals surface area contributed by atoms with Crippen molar-refractivity contribution in [2.24, 2.45) is 22.7 Å². The van der Waals surface area contributed by atoms with Crippen LogP contribution >= 0.6 is 0 Å². The number of hydrogen-bond donors (Lipinski definition) is 5. The Morgan fingerprint density at radius 3 is 1.98 bits per heavy atom. The summed E-state index contributed by atoms with van der Waals surface area (Å²) in [5, 5.41) is 48.8. The Bertz CT molecular complexity index is 1880. The molecule has 1 unspecified atom stereocenters. The number of amides is 1. The Labute approximate surface area is 315 Å². The first-order valence-corrected chi connectivity index (χ1v) is 18.5. The number of esters is 2. The molecule has 0 radical (unpaired) electrons. The summed E-state index contributed by atoms with van der Waals surface area (Å²) in [7, 11) is 0. The largest absolute Gasteiger partial charge is 0.458 e. The van der Waals surface area contributed by atoms with Crippen molar-refractivity contribution in [1.82, 2.24) is 5.32 Å². The van der Waals surface area contributed by atoms with Crippen molar-refractivity contribution in [3.8, 4) is 0 Å². The van der Waals surface area contributed by atoms with Crippen molar-refractivity contribution in [1.29, 1.82) is 0 Å². The summed E-state index contributed by atoms with van der Waals surface area (Å²) < 4.78 is 12.3. The zero-order valence-corrected chi connectivity index (χ0v) is 30.9. The van der Waals surface area contributed by atoms with Gasteiger partial charge >= 0.3 is 11.9 Å². The predicted molar refractivity (Wildman–Crippen MR) is 198 cm³/mol. The molecule has 1 amide bonds. The second-order valence-corrected chi connectivity index (χ2v) is 15.8. The molecule has 0 aliphatic heterocycles. The van der Waals surface area contributed by atoms with Crippen molar-refractivity contribution < 1.29 is 49.1 Å². The number of nitrogens with one attached hydrogen (secondary N) is 1. The summed E-state index contributed by atoms with van der Waals surface area (Å²) >= 11 is 0. The van der Waals surface area contributed by atoms with Gasteiger partial charge in [0.1, 0.15) is 18.3 Å². The summed E-state index contributed by atoms with van der Waals surface area (Å²) in [6.45, 7) is 6.91. The van der Waals surface area contributed by atoms with Gasteiger partial charge in [0.25, 0.3) is 5.91 Å². The first-order chi connectivity index (χ1) is 25.6. The molecule has 3 aromatic rings. The molecule has 3 aromatic carbocycles. The molecule has 0 saturated heterocycles. The number of benzene rings is 3. The van der Waals surface area contributed by atoms with E-state index in [1.807, 2.05) is 13.8 Å². The second kappa shape index (κ2) is 15.6. The molecule has 11 heteroatoms. The summed E-state index contributed by atoms with van der Waals surface area (Å²) in [5.41, 5.74) is -0.707. The van der Waals surface area contributed by atoms with Gasteiger partial charge in [0.05, 0.1) is 29.2 Å². The van der Waals surface area contributed by atoms with Crippen molar-refractivity contribution in [3.63, 3.8) is 0 Å². The molecule has 10 atom stereocenters. The Balaban J connectivity index is 1.38. The number of hydrogen-bond acceptors (Lipinski definition) is 10. The van der Waals surface area contributed by atoms with Gasteiger partial charge in [-0.3, -0.25) is 9.59 Å². The van der Waals surface area contributed by atoms with E-state index >= 15 is 0 Å². The van der Waals surface area contributed by atoms with Gasteiger partial charge in [-0.2, -0.15) is 0 Å². The third kappa shape index (κ3) is 7.50. The normalized spacial score (nSPS) is 30.4. The lowest BCUT2D eigenvalue weighted by Gasteiger charge is -2.52. The Hall–Kier alpha value is -4.68. The van der Waals surface area contributed by atoms with Crippen LogP contribution in [0.15, 0.2) is 102 Å². The van der Waals surface area contributed by atoms with Crippen LogP contribution < -0.4 is 5.32 Å². The number of fused-ring (bicyclic) bond motifs is 4. The minimum atomic E-state index is -1.87. The summed E-state index contributed by atoms with van der Waals surface area (Å²) in [6, 6.07) is 24.1. The third-order valence-electron chi connectivity index (χ3n) is 12.1. The fourth-order valence-corrected chi connectivity index (χ4v) is 8.89. The van der Waals surface area contributed by atoms with Crippen LogP contribution in [0.4, 0.5) is 0 Å². The van der Waals surface area contributed by atoms with E-state index in [0.29, 0.717) is 22.3 Å². The lowest BCUT2D eigenvalue weighted by molar-refractivity contribution is -0.164. The number of rotatable bonds is 8. The molecule has 3 aliphatic rings. The molecule has 6 rings (SSSR count). The number of aliphatic hydroxyl groups excluding tert-OH is 4. The summed E-state index contributed by atoms with van der Waals surface area (Å²) in [5.74, 6) is -4.01. The van der Waals surface area contributed by atoms with Gasteiger partial charge in [-0.15, -0.1) is 0 Å². The van der Waals surface area contributed by atoms with Crippen LogP contribution in [0.2, 0.25) is 0 Å². The van der Waals surface area contributed by atoms with Gasteiger partial charge in [-0.1, -0.05) is 87.5 Å². The zero-order chi connectivity index (χ0) is 38.9. The quantitative estimate of drug-likeness (QED) is 0.163. The third-order valence-corrected chi connectivity index (χ3v) is 12.1. The molecule has 2 saturated carbocycles. The number of carbonyl (C=O) groups excluding carboxylic acids is 4. The molecule has 3 aliphatic carbocycles. The van der Waals surface area contributed by atoms with Gasteiger partial charge in [-0.05, 0) is 78.5 Å². The molecule has 0 aromatic heterocycles. The van der Waals surface area contributed by atoms with Crippen molar-refractivity contribution in [2.75, 3.05) is 0 Å². The number of carbonyl (C=O) groups is 4. The molecular weight excluding hydrogens is 690 g/mol. The van der Waals surface area contributed by atoms with Gasteiger partial charge in [-0.25, -0.2) is 9.59 Å². The maximum atomic E-state index is 14.3. The number of aliphatic hydroxyl groups is 4. The summed E-state index contributed by atoms with van der Waals surface area (Å²) in [4.78, 5) is 55.2. The van der Waals surface area contributed by atoms with Crippen LogP contribution in [-0.2, 0) is 19.1 Å².